The Morgan fingerprint density at radius 1 is 1.44 bits per heavy atom. The Bertz CT molecular complexity index is 499. The molecule has 1 aromatic rings. The van der Waals surface area contributed by atoms with Crippen LogP contribution in [-0.2, 0) is 11.2 Å². The first-order chi connectivity index (χ1) is 8.38. The molecule has 0 aromatic carbocycles. The van der Waals surface area contributed by atoms with E-state index in [4.69, 9.17) is 5.11 Å². The molecule has 0 aliphatic rings. The van der Waals surface area contributed by atoms with Gasteiger partial charge in [-0.25, -0.2) is 4.79 Å². The van der Waals surface area contributed by atoms with Gasteiger partial charge in [-0.05, 0) is 13.3 Å². The summed E-state index contributed by atoms with van der Waals surface area (Å²) in [6.45, 7) is 3.37. The predicted molar refractivity (Wildman–Crippen MR) is 65.3 cm³/mol. The molecule has 7 nitrogen and oxygen atoms in total. The fraction of sp³-hybridized carbons (Fsp3) is 0.545. The molecule has 0 aliphatic heterocycles. The van der Waals surface area contributed by atoms with Crippen LogP contribution in [0.1, 0.15) is 26.0 Å². The van der Waals surface area contributed by atoms with Crippen molar-refractivity contribution in [2.75, 3.05) is 6.61 Å². The number of aliphatic hydroxyl groups is 1. The molecule has 1 aromatic heterocycles. The summed E-state index contributed by atoms with van der Waals surface area (Å²) in [5, 5.41) is 11.8. The average Bonchev–Trinajstić information content (AvgIpc) is 2.27. The van der Waals surface area contributed by atoms with E-state index >= 15 is 0 Å². The highest BCUT2D eigenvalue weighted by molar-refractivity contribution is 5.78. The molecule has 0 aliphatic carbocycles. The van der Waals surface area contributed by atoms with Gasteiger partial charge in [0.2, 0.25) is 5.91 Å². The van der Waals surface area contributed by atoms with Crippen LogP contribution < -0.4 is 16.6 Å². The quantitative estimate of drug-likeness (QED) is 0.533. The summed E-state index contributed by atoms with van der Waals surface area (Å²) in [5.41, 5.74) is -1.66. The number of H-pyrrole nitrogens is 2. The maximum absolute atomic E-state index is 11.7. The van der Waals surface area contributed by atoms with E-state index in [1.54, 1.807) is 6.92 Å². The molecule has 1 amide bonds. The van der Waals surface area contributed by atoms with Crippen molar-refractivity contribution in [3.8, 4) is 0 Å². The van der Waals surface area contributed by atoms with Gasteiger partial charge in [0.25, 0.3) is 5.56 Å². The van der Waals surface area contributed by atoms with E-state index in [1.807, 2.05) is 11.9 Å². The normalized spacial score (nSPS) is 13.9. The SMILES string of the molecule is CCC(C)(CO)NC(=O)Cc1cc(=O)[nH]c(=O)[nH]1. The summed E-state index contributed by atoms with van der Waals surface area (Å²) in [7, 11) is 0. The number of amides is 1. The van der Waals surface area contributed by atoms with Crippen molar-refractivity contribution in [2.24, 2.45) is 0 Å². The minimum atomic E-state index is -0.696. The van der Waals surface area contributed by atoms with Crippen LogP contribution in [0.25, 0.3) is 0 Å². The first-order valence-electron chi connectivity index (χ1n) is 5.63. The fourth-order valence-corrected chi connectivity index (χ4v) is 1.41. The summed E-state index contributed by atoms with van der Waals surface area (Å²) in [6.07, 6.45) is 0.454. The van der Waals surface area contributed by atoms with E-state index in [9.17, 15) is 14.4 Å². The molecule has 100 valence electrons. The first-order valence-corrected chi connectivity index (χ1v) is 5.63. The zero-order chi connectivity index (χ0) is 13.8. The van der Waals surface area contributed by atoms with Crippen LogP contribution in [0.3, 0.4) is 0 Å². The summed E-state index contributed by atoms with van der Waals surface area (Å²) in [6, 6.07) is 1.16. The number of hydrogen-bond acceptors (Lipinski definition) is 4. The number of aliphatic hydroxyl groups excluding tert-OH is 1. The van der Waals surface area contributed by atoms with Gasteiger partial charge in [-0.15, -0.1) is 0 Å². The topological polar surface area (TPSA) is 115 Å². The van der Waals surface area contributed by atoms with Gasteiger partial charge in [-0.1, -0.05) is 6.92 Å². The lowest BCUT2D eigenvalue weighted by Gasteiger charge is -2.27. The van der Waals surface area contributed by atoms with Crippen LogP contribution in [0.15, 0.2) is 15.7 Å². The molecule has 1 unspecified atom stereocenters. The van der Waals surface area contributed by atoms with Crippen LogP contribution in [-0.4, -0.2) is 33.1 Å². The Morgan fingerprint density at radius 2 is 2.11 bits per heavy atom. The Kier molecular flexibility index (Phi) is 4.43. The van der Waals surface area contributed by atoms with Crippen molar-refractivity contribution in [1.82, 2.24) is 15.3 Å². The van der Waals surface area contributed by atoms with Gasteiger partial charge in [0, 0.05) is 11.8 Å². The Morgan fingerprint density at radius 3 is 2.61 bits per heavy atom. The van der Waals surface area contributed by atoms with E-state index in [0.717, 1.165) is 6.07 Å². The van der Waals surface area contributed by atoms with E-state index in [1.165, 1.54) is 0 Å². The molecule has 18 heavy (non-hydrogen) atoms. The summed E-state index contributed by atoms with van der Waals surface area (Å²) < 4.78 is 0. The zero-order valence-corrected chi connectivity index (χ0v) is 10.4. The molecule has 0 spiro atoms. The van der Waals surface area contributed by atoms with Gasteiger partial charge in [-0.3, -0.25) is 14.6 Å². The second-order valence-corrected chi connectivity index (χ2v) is 4.41. The van der Waals surface area contributed by atoms with Crippen molar-refractivity contribution in [3.63, 3.8) is 0 Å². The number of aromatic amines is 2. The standard InChI is InChI=1S/C11H17N3O4/c1-3-11(2,6-15)14-9(17)5-7-4-8(16)13-10(18)12-7/h4,15H,3,5-6H2,1-2H3,(H,14,17)(H2,12,13,16,18). The molecule has 1 heterocycles. The van der Waals surface area contributed by atoms with Crippen molar-refractivity contribution in [3.05, 3.63) is 32.6 Å². The lowest BCUT2D eigenvalue weighted by Crippen LogP contribution is -2.49. The minimum Gasteiger partial charge on any atom is -0.394 e. The predicted octanol–water partition coefficient (Wildman–Crippen LogP) is -1.12. The molecule has 7 heteroatoms. The maximum atomic E-state index is 11.7. The summed E-state index contributed by atoms with van der Waals surface area (Å²) >= 11 is 0. The number of nitrogens with one attached hydrogen (secondary N) is 3. The second-order valence-electron chi connectivity index (χ2n) is 4.41. The molecule has 0 fully saturated rings. The van der Waals surface area contributed by atoms with Gasteiger partial charge < -0.3 is 15.4 Å². The highest BCUT2D eigenvalue weighted by atomic mass is 16.3. The van der Waals surface area contributed by atoms with Crippen LogP contribution in [0.5, 0.6) is 0 Å². The minimum absolute atomic E-state index is 0.116. The number of hydrogen-bond donors (Lipinski definition) is 4. The molecular weight excluding hydrogens is 238 g/mol. The van der Waals surface area contributed by atoms with E-state index in [2.05, 4.69) is 10.3 Å². The van der Waals surface area contributed by atoms with E-state index < -0.39 is 16.8 Å². The largest absolute Gasteiger partial charge is 0.394 e. The smallest absolute Gasteiger partial charge is 0.325 e. The van der Waals surface area contributed by atoms with Crippen LogP contribution in [0.2, 0.25) is 0 Å². The molecule has 0 radical (unpaired) electrons. The highest BCUT2D eigenvalue weighted by Gasteiger charge is 2.23. The third-order valence-electron chi connectivity index (χ3n) is 2.74. The van der Waals surface area contributed by atoms with Crippen molar-refractivity contribution in [1.29, 1.82) is 0 Å². The van der Waals surface area contributed by atoms with Crippen molar-refractivity contribution in [2.45, 2.75) is 32.2 Å². The maximum Gasteiger partial charge on any atom is 0.325 e. The third kappa shape index (κ3) is 3.85. The molecular formula is C11H17N3O4. The lowest BCUT2D eigenvalue weighted by atomic mass is 10.00. The molecule has 1 atom stereocenters. The van der Waals surface area contributed by atoms with Gasteiger partial charge in [0.05, 0.1) is 18.6 Å². The Labute approximate surface area is 103 Å². The van der Waals surface area contributed by atoms with Crippen LogP contribution in [0.4, 0.5) is 0 Å². The van der Waals surface area contributed by atoms with Crippen molar-refractivity contribution < 1.29 is 9.90 Å². The first kappa shape index (κ1) is 14.2. The number of carbonyl (C=O) groups excluding carboxylic acids is 1. The van der Waals surface area contributed by atoms with Gasteiger partial charge in [0.15, 0.2) is 0 Å². The molecule has 4 N–H and O–H groups in total. The summed E-state index contributed by atoms with van der Waals surface area (Å²) in [4.78, 5) is 38.1. The Balaban J connectivity index is 2.76. The van der Waals surface area contributed by atoms with Crippen molar-refractivity contribution >= 4 is 5.91 Å². The number of rotatable bonds is 5. The van der Waals surface area contributed by atoms with E-state index in [-0.39, 0.29) is 24.6 Å². The molecule has 0 saturated heterocycles. The molecule has 0 bridgehead atoms. The zero-order valence-electron chi connectivity index (χ0n) is 10.4. The van der Waals surface area contributed by atoms with Crippen LogP contribution >= 0.6 is 0 Å². The fourth-order valence-electron chi connectivity index (χ4n) is 1.41. The average molecular weight is 255 g/mol. The lowest BCUT2D eigenvalue weighted by molar-refractivity contribution is -0.122. The monoisotopic (exact) mass is 255 g/mol. The second kappa shape index (κ2) is 5.63. The van der Waals surface area contributed by atoms with Crippen LogP contribution in [0, 0.1) is 0 Å². The number of aromatic nitrogens is 2. The van der Waals surface area contributed by atoms with E-state index in [0.29, 0.717) is 6.42 Å². The van der Waals surface area contributed by atoms with Gasteiger partial charge in [0.1, 0.15) is 0 Å². The number of carbonyl (C=O) groups is 1. The van der Waals surface area contributed by atoms with Gasteiger partial charge in [-0.2, -0.15) is 0 Å². The van der Waals surface area contributed by atoms with Gasteiger partial charge >= 0.3 is 5.69 Å². The summed E-state index contributed by atoms with van der Waals surface area (Å²) in [5.74, 6) is -0.366. The third-order valence-corrected chi connectivity index (χ3v) is 2.74. The molecule has 0 saturated carbocycles. The highest BCUT2D eigenvalue weighted by Crippen LogP contribution is 2.07. The molecule has 1 rings (SSSR count). The Hall–Kier alpha value is -1.89.